The van der Waals surface area contributed by atoms with Crippen LogP contribution in [0.25, 0.3) is 32.8 Å². The first-order chi connectivity index (χ1) is 12.3. The van der Waals surface area contributed by atoms with E-state index in [1.807, 2.05) is 54.7 Å². The minimum absolute atomic E-state index is 0.852. The maximum Gasteiger partial charge on any atom is 0.124 e. The Morgan fingerprint density at radius 1 is 1.00 bits per heavy atom. The molecule has 0 bridgehead atoms. The maximum atomic E-state index is 5.26. The molecule has 25 heavy (non-hydrogen) atoms. The van der Waals surface area contributed by atoms with Gasteiger partial charge in [-0.15, -0.1) is 11.3 Å². The zero-order chi connectivity index (χ0) is 17.1. The fraction of sp³-hybridized carbons (Fsp3) is 0.0476. The van der Waals surface area contributed by atoms with E-state index in [1.165, 1.54) is 4.88 Å². The summed E-state index contributed by atoms with van der Waals surface area (Å²) in [7, 11) is 1.68. The van der Waals surface area contributed by atoms with E-state index in [1.54, 1.807) is 24.6 Å². The smallest absolute Gasteiger partial charge is 0.124 e. The first kappa shape index (κ1) is 15.5. The number of hydrogen-bond acceptors (Lipinski definition) is 4. The fourth-order valence-corrected chi connectivity index (χ4v) is 3.63. The van der Waals surface area contributed by atoms with Crippen LogP contribution in [0.1, 0.15) is 11.3 Å². The van der Waals surface area contributed by atoms with Crippen molar-refractivity contribution in [1.29, 1.82) is 0 Å². The lowest BCUT2D eigenvalue weighted by atomic mass is 10.2. The van der Waals surface area contributed by atoms with Crippen LogP contribution in [-0.4, -0.2) is 17.1 Å². The largest absolute Gasteiger partial charge is 0.497 e. The number of ether oxygens (including phenoxy) is 1. The average Bonchev–Trinajstić information content (AvgIpc) is 3.10. The minimum Gasteiger partial charge on any atom is -0.497 e. The molecule has 0 aliphatic rings. The monoisotopic (exact) mass is 344 g/mol. The van der Waals surface area contributed by atoms with Crippen LogP contribution in [0, 0.1) is 0 Å². The van der Waals surface area contributed by atoms with Gasteiger partial charge in [-0.05, 0) is 48.0 Å². The lowest BCUT2D eigenvalue weighted by molar-refractivity contribution is 0.414. The molecule has 0 atom stereocenters. The van der Waals surface area contributed by atoms with E-state index in [-0.39, 0.29) is 0 Å². The number of methoxy groups -OCH3 is 1. The van der Waals surface area contributed by atoms with E-state index in [9.17, 15) is 0 Å². The molecule has 0 spiro atoms. The summed E-state index contributed by atoms with van der Waals surface area (Å²) in [4.78, 5) is 11.2. The third-order valence-corrected chi connectivity index (χ3v) is 4.98. The van der Waals surface area contributed by atoms with Gasteiger partial charge in [0, 0.05) is 28.2 Å². The molecular formula is C21H16N2OS. The van der Waals surface area contributed by atoms with Gasteiger partial charge in [0.25, 0.3) is 0 Å². The van der Waals surface area contributed by atoms with Crippen molar-refractivity contribution in [3.63, 3.8) is 0 Å². The standard InChI is InChI=1S/C21H16N2OS/c1-24-19-6-2-4-15(12-19)7-9-18-10-8-16-13-20(25-21(16)23-18)17-5-3-11-22-14-17/h2-14H,1H3/b9-7+. The second kappa shape index (κ2) is 6.87. The van der Waals surface area contributed by atoms with Crippen LogP contribution in [0.2, 0.25) is 0 Å². The lowest BCUT2D eigenvalue weighted by Crippen LogP contribution is -1.82. The van der Waals surface area contributed by atoms with Crippen LogP contribution in [0.3, 0.4) is 0 Å². The summed E-state index contributed by atoms with van der Waals surface area (Å²) >= 11 is 1.69. The Kier molecular flexibility index (Phi) is 4.27. The molecule has 3 aromatic heterocycles. The Labute approximate surface area is 150 Å². The van der Waals surface area contributed by atoms with E-state index < -0.39 is 0 Å². The Morgan fingerprint density at radius 2 is 1.96 bits per heavy atom. The molecule has 0 fully saturated rings. The molecule has 0 N–H and O–H groups in total. The molecule has 0 aliphatic carbocycles. The molecule has 0 radical (unpaired) electrons. The molecule has 122 valence electrons. The average molecular weight is 344 g/mol. The van der Waals surface area contributed by atoms with Crippen LogP contribution in [0.5, 0.6) is 5.75 Å². The first-order valence-corrected chi connectivity index (χ1v) is 8.76. The summed E-state index contributed by atoms with van der Waals surface area (Å²) in [6.45, 7) is 0. The van der Waals surface area contributed by atoms with Crippen molar-refractivity contribution in [3.8, 4) is 16.2 Å². The molecular weight excluding hydrogens is 328 g/mol. The van der Waals surface area contributed by atoms with Gasteiger partial charge in [0.05, 0.1) is 12.8 Å². The second-order valence-corrected chi connectivity index (χ2v) is 6.62. The van der Waals surface area contributed by atoms with Crippen LogP contribution >= 0.6 is 11.3 Å². The number of fused-ring (bicyclic) bond motifs is 1. The van der Waals surface area contributed by atoms with Gasteiger partial charge in [0.1, 0.15) is 10.6 Å². The van der Waals surface area contributed by atoms with Gasteiger partial charge >= 0.3 is 0 Å². The van der Waals surface area contributed by atoms with Crippen molar-refractivity contribution in [3.05, 3.63) is 78.2 Å². The number of aromatic nitrogens is 2. The number of nitrogens with zero attached hydrogens (tertiary/aromatic N) is 2. The molecule has 4 aromatic rings. The molecule has 4 rings (SSSR count). The van der Waals surface area contributed by atoms with Gasteiger partial charge in [0.15, 0.2) is 0 Å². The maximum absolute atomic E-state index is 5.26. The van der Waals surface area contributed by atoms with E-state index in [0.717, 1.165) is 32.8 Å². The molecule has 3 heterocycles. The SMILES string of the molecule is COc1cccc(/C=C/c2ccc3cc(-c4cccnc4)sc3n2)c1. The van der Waals surface area contributed by atoms with Crippen LogP contribution in [-0.2, 0) is 0 Å². The third-order valence-electron chi connectivity index (χ3n) is 3.89. The topological polar surface area (TPSA) is 35.0 Å². The number of pyridine rings is 2. The number of hydrogen-bond donors (Lipinski definition) is 0. The Morgan fingerprint density at radius 3 is 2.80 bits per heavy atom. The molecule has 4 heteroatoms. The van der Waals surface area contributed by atoms with E-state index in [4.69, 9.17) is 9.72 Å². The molecule has 0 unspecified atom stereocenters. The van der Waals surface area contributed by atoms with Gasteiger partial charge < -0.3 is 4.74 Å². The molecule has 0 aliphatic heterocycles. The van der Waals surface area contributed by atoms with Crippen LogP contribution in [0.15, 0.2) is 67.0 Å². The fourth-order valence-electron chi connectivity index (χ4n) is 2.60. The third kappa shape index (κ3) is 3.44. The summed E-state index contributed by atoms with van der Waals surface area (Å²) < 4.78 is 5.26. The Bertz CT molecular complexity index is 1040. The molecule has 0 amide bonds. The van der Waals surface area contributed by atoms with Gasteiger partial charge in [-0.2, -0.15) is 0 Å². The highest BCUT2D eigenvalue weighted by atomic mass is 32.1. The highest BCUT2D eigenvalue weighted by molar-refractivity contribution is 7.21. The van der Waals surface area contributed by atoms with Crippen molar-refractivity contribution < 1.29 is 4.74 Å². The van der Waals surface area contributed by atoms with Crippen LogP contribution < -0.4 is 4.74 Å². The number of rotatable bonds is 4. The molecule has 3 nitrogen and oxygen atoms in total. The summed E-state index contributed by atoms with van der Waals surface area (Å²) in [6, 6.07) is 18.3. The molecule has 1 aromatic carbocycles. The van der Waals surface area contributed by atoms with Gasteiger partial charge in [-0.1, -0.05) is 24.3 Å². The summed E-state index contributed by atoms with van der Waals surface area (Å²) in [6.07, 6.45) is 7.74. The first-order valence-electron chi connectivity index (χ1n) is 7.95. The molecule has 0 saturated heterocycles. The zero-order valence-corrected chi connectivity index (χ0v) is 14.5. The predicted octanol–water partition coefficient (Wildman–Crippen LogP) is 5.54. The minimum atomic E-state index is 0.852. The summed E-state index contributed by atoms with van der Waals surface area (Å²) in [5.74, 6) is 0.852. The van der Waals surface area contributed by atoms with Crippen molar-refractivity contribution in [2.24, 2.45) is 0 Å². The van der Waals surface area contributed by atoms with E-state index in [2.05, 4.69) is 23.2 Å². The van der Waals surface area contributed by atoms with Crippen molar-refractivity contribution in [2.75, 3.05) is 7.11 Å². The van der Waals surface area contributed by atoms with Crippen molar-refractivity contribution >= 4 is 33.7 Å². The number of thiophene rings is 1. The summed E-state index contributed by atoms with van der Waals surface area (Å²) in [5.41, 5.74) is 3.15. The van der Waals surface area contributed by atoms with Gasteiger partial charge in [0.2, 0.25) is 0 Å². The summed E-state index contributed by atoms with van der Waals surface area (Å²) in [5, 5.41) is 1.15. The predicted molar refractivity (Wildman–Crippen MR) is 105 cm³/mol. The van der Waals surface area contributed by atoms with Crippen molar-refractivity contribution in [2.45, 2.75) is 0 Å². The second-order valence-electron chi connectivity index (χ2n) is 5.59. The number of benzene rings is 1. The lowest BCUT2D eigenvalue weighted by Gasteiger charge is -2.00. The van der Waals surface area contributed by atoms with E-state index >= 15 is 0 Å². The van der Waals surface area contributed by atoms with Crippen LogP contribution in [0.4, 0.5) is 0 Å². The van der Waals surface area contributed by atoms with Crippen molar-refractivity contribution in [1.82, 2.24) is 9.97 Å². The molecule has 0 saturated carbocycles. The highest BCUT2D eigenvalue weighted by Crippen LogP contribution is 2.32. The Hall–Kier alpha value is -2.98. The quantitative estimate of drug-likeness (QED) is 0.488. The normalized spacial score (nSPS) is 11.2. The van der Waals surface area contributed by atoms with Gasteiger partial charge in [-0.25, -0.2) is 4.98 Å². The van der Waals surface area contributed by atoms with E-state index in [0.29, 0.717) is 0 Å². The highest BCUT2D eigenvalue weighted by Gasteiger charge is 2.05. The Balaban J connectivity index is 1.63. The zero-order valence-electron chi connectivity index (χ0n) is 13.7. The van der Waals surface area contributed by atoms with Gasteiger partial charge in [-0.3, -0.25) is 4.98 Å².